The van der Waals surface area contributed by atoms with E-state index in [-0.39, 0.29) is 5.91 Å². The Labute approximate surface area is 119 Å². The van der Waals surface area contributed by atoms with Crippen molar-refractivity contribution in [3.63, 3.8) is 0 Å². The number of amides is 1. The molecule has 2 aliphatic heterocycles. The van der Waals surface area contributed by atoms with Gasteiger partial charge >= 0.3 is 0 Å². The molecule has 0 unspecified atom stereocenters. The Kier molecular flexibility index (Phi) is 3.61. The van der Waals surface area contributed by atoms with Gasteiger partial charge in [0.1, 0.15) is 5.69 Å². The van der Waals surface area contributed by atoms with E-state index in [9.17, 15) is 4.79 Å². The molecule has 2 aliphatic rings. The van der Waals surface area contributed by atoms with E-state index in [1.165, 1.54) is 12.8 Å². The van der Waals surface area contributed by atoms with Crippen molar-refractivity contribution < 1.29 is 4.79 Å². The van der Waals surface area contributed by atoms with Crippen molar-refractivity contribution in [3.05, 3.63) is 24.0 Å². The van der Waals surface area contributed by atoms with Crippen LogP contribution in [-0.2, 0) is 0 Å². The number of rotatable bonds is 1. The van der Waals surface area contributed by atoms with Crippen molar-refractivity contribution >= 4 is 11.6 Å². The number of pyridine rings is 1. The minimum absolute atomic E-state index is 0.0149. The van der Waals surface area contributed by atoms with Gasteiger partial charge in [-0.3, -0.25) is 9.78 Å². The molecule has 5 nitrogen and oxygen atoms in total. The van der Waals surface area contributed by atoms with Crippen molar-refractivity contribution in [1.29, 1.82) is 0 Å². The van der Waals surface area contributed by atoms with E-state index in [1.54, 1.807) is 18.3 Å². The van der Waals surface area contributed by atoms with Gasteiger partial charge in [0.15, 0.2) is 0 Å². The maximum Gasteiger partial charge on any atom is 0.272 e. The number of anilines is 1. The zero-order valence-corrected chi connectivity index (χ0v) is 11.8. The molecule has 1 aromatic heterocycles. The van der Waals surface area contributed by atoms with E-state index in [1.807, 2.05) is 4.90 Å². The number of likely N-dealkylation sites (tertiary alicyclic amines) is 1. The first-order valence-electron chi connectivity index (χ1n) is 7.40. The molecule has 108 valence electrons. The van der Waals surface area contributed by atoms with Gasteiger partial charge in [-0.15, -0.1) is 0 Å². The van der Waals surface area contributed by atoms with E-state index >= 15 is 0 Å². The van der Waals surface area contributed by atoms with Crippen LogP contribution in [0.1, 0.15) is 36.2 Å². The van der Waals surface area contributed by atoms with Gasteiger partial charge in [0.05, 0.1) is 0 Å². The molecule has 1 spiro atoms. The summed E-state index contributed by atoms with van der Waals surface area (Å²) in [4.78, 5) is 18.5. The van der Waals surface area contributed by atoms with Crippen LogP contribution in [0.15, 0.2) is 18.3 Å². The fourth-order valence-electron chi connectivity index (χ4n) is 3.37. The van der Waals surface area contributed by atoms with Gasteiger partial charge in [0.2, 0.25) is 0 Å². The summed E-state index contributed by atoms with van der Waals surface area (Å²) < 4.78 is 0. The van der Waals surface area contributed by atoms with Gasteiger partial charge in [0, 0.05) is 25.0 Å². The summed E-state index contributed by atoms with van der Waals surface area (Å²) in [6, 6.07) is 3.37. The number of nitrogens with two attached hydrogens (primary N) is 1. The molecule has 0 radical (unpaired) electrons. The quantitative estimate of drug-likeness (QED) is 0.809. The minimum Gasteiger partial charge on any atom is -0.399 e. The molecule has 0 saturated carbocycles. The first-order valence-corrected chi connectivity index (χ1v) is 7.40. The summed E-state index contributed by atoms with van der Waals surface area (Å²) in [6.45, 7) is 3.92. The number of nitrogens with one attached hydrogen (secondary N) is 1. The molecule has 0 aliphatic carbocycles. The Balaban J connectivity index is 1.64. The largest absolute Gasteiger partial charge is 0.399 e. The molecule has 0 aromatic carbocycles. The highest BCUT2D eigenvalue weighted by Crippen LogP contribution is 2.39. The van der Waals surface area contributed by atoms with E-state index in [0.29, 0.717) is 16.8 Å². The zero-order chi connectivity index (χ0) is 14.0. The SMILES string of the molecule is Nc1ccnc(C(=O)N2CCC3(CCNCC3)CC2)c1. The van der Waals surface area contributed by atoms with Crippen LogP contribution < -0.4 is 11.1 Å². The van der Waals surface area contributed by atoms with Gasteiger partial charge in [-0.1, -0.05) is 0 Å². The highest BCUT2D eigenvalue weighted by Gasteiger charge is 2.36. The fourth-order valence-corrected chi connectivity index (χ4v) is 3.37. The third kappa shape index (κ3) is 2.63. The normalized spacial score (nSPS) is 21.9. The second-order valence-corrected chi connectivity index (χ2v) is 6.02. The molecule has 20 heavy (non-hydrogen) atoms. The van der Waals surface area contributed by atoms with Crippen LogP contribution in [0.2, 0.25) is 0 Å². The predicted molar refractivity (Wildman–Crippen MR) is 78.3 cm³/mol. The van der Waals surface area contributed by atoms with Crippen LogP contribution in [0.4, 0.5) is 5.69 Å². The lowest BCUT2D eigenvalue weighted by atomic mass is 9.71. The minimum atomic E-state index is 0.0149. The maximum absolute atomic E-state index is 12.4. The average Bonchev–Trinajstić information content (AvgIpc) is 2.48. The number of hydrogen-bond acceptors (Lipinski definition) is 4. The molecule has 5 heteroatoms. The third-order valence-corrected chi connectivity index (χ3v) is 4.78. The molecule has 3 heterocycles. The van der Waals surface area contributed by atoms with Crippen LogP contribution >= 0.6 is 0 Å². The lowest BCUT2D eigenvalue weighted by Crippen LogP contribution is -2.47. The van der Waals surface area contributed by atoms with Gasteiger partial charge in [0.25, 0.3) is 5.91 Å². The summed E-state index contributed by atoms with van der Waals surface area (Å²) in [5.74, 6) is 0.0149. The second-order valence-electron chi connectivity index (χ2n) is 6.02. The van der Waals surface area contributed by atoms with Crippen molar-refractivity contribution in [1.82, 2.24) is 15.2 Å². The van der Waals surface area contributed by atoms with E-state index in [2.05, 4.69) is 10.3 Å². The summed E-state index contributed by atoms with van der Waals surface area (Å²) in [7, 11) is 0. The van der Waals surface area contributed by atoms with Gasteiger partial charge in [-0.25, -0.2) is 0 Å². The van der Waals surface area contributed by atoms with Crippen molar-refractivity contribution in [2.75, 3.05) is 31.9 Å². The van der Waals surface area contributed by atoms with E-state index in [4.69, 9.17) is 5.73 Å². The molecule has 2 fully saturated rings. The fraction of sp³-hybridized carbons (Fsp3) is 0.600. The lowest BCUT2D eigenvalue weighted by molar-refractivity contribution is 0.0491. The van der Waals surface area contributed by atoms with Crippen LogP contribution in [-0.4, -0.2) is 42.0 Å². The maximum atomic E-state index is 12.4. The van der Waals surface area contributed by atoms with Crippen molar-refractivity contribution in [2.45, 2.75) is 25.7 Å². The zero-order valence-electron chi connectivity index (χ0n) is 11.8. The summed E-state index contributed by atoms with van der Waals surface area (Å²) in [5.41, 5.74) is 7.24. The molecule has 3 N–H and O–H groups in total. The Morgan fingerprint density at radius 1 is 1.25 bits per heavy atom. The molecule has 3 rings (SSSR count). The summed E-state index contributed by atoms with van der Waals surface area (Å²) in [5, 5.41) is 3.42. The third-order valence-electron chi connectivity index (χ3n) is 4.78. The standard InChI is InChI=1S/C15H22N4O/c16-12-1-6-18-13(11-12)14(20)19-9-4-15(5-10-19)2-7-17-8-3-15/h1,6,11,17H,2-5,7-10H2,(H2,16,18). The molecule has 1 amide bonds. The predicted octanol–water partition coefficient (Wildman–Crippen LogP) is 1.27. The summed E-state index contributed by atoms with van der Waals surface area (Å²) in [6.07, 6.45) is 6.31. The van der Waals surface area contributed by atoms with Gasteiger partial charge < -0.3 is 16.0 Å². The molecular formula is C15H22N4O. The highest BCUT2D eigenvalue weighted by atomic mass is 16.2. The number of nitrogens with zero attached hydrogens (tertiary/aromatic N) is 2. The average molecular weight is 274 g/mol. The van der Waals surface area contributed by atoms with E-state index in [0.717, 1.165) is 39.0 Å². The van der Waals surface area contributed by atoms with Crippen LogP contribution in [0.25, 0.3) is 0 Å². The monoisotopic (exact) mass is 274 g/mol. The van der Waals surface area contributed by atoms with Crippen LogP contribution in [0.3, 0.4) is 0 Å². The first-order chi connectivity index (χ1) is 9.69. The topological polar surface area (TPSA) is 71.2 Å². The first kappa shape index (κ1) is 13.4. The molecule has 0 bridgehead atoms. The smallest absolute Gasteiger partial charge is 0.272 e. The molecule has 0 atom stereocenters. The number of carbonyl (C=O) groups is 1. The lowest BCUT2D eigenvalue weighted by Gasteiger charge is -2.44. The Morgan fingerprint density at radius 2 is 1.95 bits per heavy atom. The summed E-state index contributed by atoms with van der Waals surface area (Å²) >= 11 is 0. The van der Waals surface area contributed by atoms with Gasteiger partial charge in [-0.2, -0.15) is 0 Å². The molecule has 2 saturated heterocycles. The Hall–Kier alpha value is -1.62. The van der Waals surface area contributed by atoms with E-state index < -0.39 is 0 Å². The second kappa shape index (κ2) is 5.40. The van der Waals surface area contributed by atoms with Crippen molar-refractivity contribution in [3.8, 4) is 0 Å². The number of piperidine rings is 2. The number of nitrogen functional groups attached to an aromatic ring is 1. The Bertz CT molecular complexity index is 486. The Morgan fingerprint density at radius 3 is 2.60 bits per heavy atom. The number of hydrogen-bond donors (Lipinski definition) is 2. The van der Waals surface area contributed by atoms with Crippen LogP contribution in [0.5, 0.6) is 0 Å². The molecular weight excluding hydrogens is 252 g/mol. The number of aromatic nitrogens is 1. The molecule has 1 aromatic rings. The van der Waals surface area contributed by atoms with Gasteiger partial charge in [-0.05, 0) is 56.3 Å². The highest BCUT2D eigenvalue weighted by molar-refractivity contribution is 5.93. The number of carbonyl (C=O) groups excluding carboxylic acids is 1. The van der Waals surface area contributed by atoms with Crippen molar-refractivity contribution in [2.24, 2.45) is 5.41 Å². The van der Waals surface area contributed by atoms with Crippen LogP contribution in [0, 0.1) is 5.41 Å².